The maximum Gasteiger partial charge on any atom is 0.164 e. The Labute approximate surface area is 382 Å². The van der Waals surface area contributed by atoms with Crippen molar-refractivity contribution in [3.63, 3.8) is 0 Å². The third-order valence-corrected chi connectivity index (χ3v) is 11.2. The van der Waals surface area contributed by atoms with Crippen LogP contribution in [0.25, 0.3) is 127 Å². The molecule has 5 nitrogen and oxygen atoms in total. The highest BCUT2D eigenvalue weighted by Crippen LogP contribution is 2.50. The number of benzene rings is 10. The smallest absolute Gasteiger partial charge is 0.164 e. The minimum absolute atomic E-state index is 0.145. The predicted octanol–water partition coefficient (Wildman–Crippen LogP) is 14.9. The average Bonchev–Trinajstić information content (AvgIpc) is 2.69. The normalized spacial score (nSPS) is 16.2. The number of rotatable bonds is 6. The highest BCUT2D eigenvalue weighted by molar-refractivity contribution is 6.39. The molecule has 62 heavy (non-hydrogen) atoms. The van der Waals surface area contributed by atoms with E-state index >= 15 is 0 Å². The first-order chi connectivity index (χ1) is 38.7. The van der Waals surface area contributed by atoms with Crippen molar-refractivity contribution in [2.45, 2.75) is 0 Å². The van der Waals surface area contributed by atoms with Crippen molar-refractivity contribution < 1.29 is 30.5 Å². The van der Waals surface area contributed by atoms with E-state index in [0.29, 0.717) is 54.5 Å². The van der Waals surface area contributed by atoms with Gasteiger partial charge in [-0.1, -0.05) is 163 Å². The molecule has 0 unspecified atom stereocenters. The van der Waals surface area contributed by atoms with Crippen LogP contribution in [0, 0.1) is 0 Å². The number of furan rings is 1. The molecule has 3 heterocycles. The highest BCUT2D eigenvalue weighted by Gasteiger charge is 2.26. The van der Waals surface area contributed by atoms with Gasteiger partial charge < -0.3 is 8.98 Å². The van der Waals surface area contributed by atoms with Gasteiger partial charge in [0, 0.05) is 54.7 Å². The summed E-state index contributed by atoms with van der Waals surface area (Å²) in [4.78, 5) is 14.2. The first kappa shape index (κ1) is 20.7. The monoisotopic (exact) mass is 809 g/mol. The number of nitrogens with zero attached hydrogens (tertiary/aromatic N) is 4. The Morgan fingerprint density at radius 3 is 1.52 bits per heavy atom. The second-order valence-electron chi connectivity index (χ2n) is 14.5. The molecular weight excluding hydrogens is 757 g/mol. The van der Waals surface area contributed by atoms with E-state index in [1.54, 1.807) is 22.8 Å². The van der Waals surface area contributed by atoms with Crippen LogP contribution >= 0.6 is 0 Å². The van der Waals surface area contributed by atoms with Gasteiger partial charge in [-0.2, -0.15) is 0 Å². The number of hydrogen-bond acceptors (Lipinski definition) is 4. The van der Waals surface area contributed by atoms with E-state index in [2.05, 4.69) is 4.98 Å². The van der Waals surface area contributed by atoms with Crippen LogP contribution < -0.4 is 0 Å². The molecule has 0 aliphatic rings. The van der Waals surface area contributed by atoms with E-state index in [-0.39, 0.29) is 17.1 Å². The average molecular weight is 810 g/mol. The summed E-state index contributed by atoms with van der Waals surface area (Å²) in [6.07, 6.45) is 0. The Bertz CT molecular complexity index is 4900. The molecule has 288 valence electrons. The second kappa shape index (κ2) is 13.6. The molecule has 0 saturated heterocycles. The van der Waals surface area contributed by atoms with Gasteiger partial charge >= 0.3 is 0 Å². The van der Waals surface area contributed by atoms with Crippen LogP contribution in [0.15, 0.2) is 210 Å². The van der Waals surface area contributed by atoms with Crippen LogP contribution in [0.4, 0.5) is 0 Å². The molecule has 0 saturated carbocycles. The van der Waals surface area contributed by atoms with E-state index in [1.807, 2.05) is 72.8 Å². The minimum Gasteiger partial charge on any atom is -0.456 e. The molecule has 0 aliphatic heterocycles. The molecule has 13 aromatic rings. The topological polar surface area (TPSA) is 56.7 Å². The first-order valence-electron chi connectivity index (χ1n) is 28.9. The van der Waals surface area contributed by atoms with Crippen molar-refractivity contribution >= 4 is 65.3 Å². The van der Waals surface area contributed by atoms with Crippen molar-refractivity contribution in [2.75, 3.05) is 0 Å². The zero-order chi connectivity index (χ0) is 57.3. The molecule has 0 N–H and O–H groups in total. The third-order valence-electron chi connectivity index (χ3n) is 11.2. The summed E-state index contributed by atoms with van der Waals surface area (Å²) in [7, 11) is 0. The Kier molecular flexibility index (Phi) is 4.53. The van der Waals surface area contributed by atoms with Gasteiger partial charge in [-0.05, 0) is 75.4 Å². The molecular formula is C57H34N4O. The van der Waals surface area contributed by atoms with Gasteiger partial charge in [0.25, 0.3) is 0 Å². The summed E-state index contributed by atoms with van der Waals surface area (Å²) in [6, 6.07) is 14.3. The van der Waals surface area contributed by atoms with E-state index in [4.69, 9.17) is 32.2 Å². The van der Waals surface area contributed by atoms with Crippen molar-refractivity contribution in [1.29, 1.82) is 0 Å². The minimum atomic E-state index is -0.829. The lowest BCUT2D eigenvalue weighted by molar-refractivity contribution is 0.669. The quantitative estimate of drug-likeness (QED) is 0.157. The summed E-state index contributed by atoms with van der Waals surface area (Å²) in [5.41, 5.74) is 1.46. The molecule has 0 fully saturated rings. The van der Waals surface area contributed by atoms with Gasteiger partial charge in [0.15, 0.2) is 17.5 Å². The number of hydrogen-bond donors (Lipinski definition) is 0. The van der Waals surface area contributed by atoms with Gasteiger partial charge in [-0.25, -0.2) is 15.0 Å². The lowest BCUT2D eigenvalue weighted by Crippen LogP contribution is -2.01. The molecule has 0 atom stereocenters. The summed E-state index contributed by atoms with van der Waals surface area (Å²) >= 11 is 0. The van der Waals surface area contributed by atoms with E-state index in [1.165, 1.54) is 0 Å². The standard InChI is InChI=1S/C57H34N4O/c1-4-15-35(16-5-1)36-27-29-38(30-28-36)56-58-55(37-17-6-2-7-18-37)59-57(60-56)45-32-34-47-54-52(45)42-22-11-10-21-41(42)51-43(31-33-46(53(51)54)61(47)39-19-8-3-9-20-39)40-24-14-26-49-50(40)44-23-12-13-25-48(44)62-49/h1-34H/i1D,2D,3D,4D,5D,6D,7D,8D,9D,15D,16D,17D,18D,19D,20D,27D,28D,29D,30D. The summed E-state index contributed by atoms with van der Waals surface area (Å²) < 4.78 is 176. The van der Waals surface area contributed by atoms with E-state index < -0.39 is 149 Å². The molecule has 0 aliphatic carbocycles. The van der Waals surface area contributed by atoms with E-state index in [9.17, 15) is 8.22 Å². The number of aromatic nitrogens is 4. The Morgan fingerprint density at radius 1 is 0.355 bits per heavy atom. The molecule has 0 spiro atoms. The summed E-state index contributed by atoms with van der Waals surface area (Å²) in [5, 5.41) is 5.15. The van der Waals surface area contributed by atoms with Gasteiger partial charge in [-0.15, -0.1) is 0 Å². The van der Waals surface area contributed by atoms with Crippen LogP contribution in [0.5, 0.6) is 0 Å². The van der Waals surface area contributed by atoms with Crippen molar-refractivity contribution in [3.8, 4) is 62.1 Å². The third kappa shape index (κ3) is 5.18. The lowest BCUT2D eigenvalue weighted by Gasteiger charge is -2.16. The molecule has 0 amide bonds. The van der Waals surface area contributed by atoms with Crippen LogP contribution in [0.3, 0.4) is 0 Å². The van der Waals surface area contributed by atoms with Crippen molar-refractivity contribution in [1.82, 2.24) is 19.5 Å². The SMILES string of the molecule is [2H]c1c([2H])c([2H])c(-c2nc(-c3c([2H])c([2H])c(-c4c([2H])c([2H])c([2H])c([2H])c4[2H])c([2H])c3[2H])nc(-c3ccc4c5c3c3ccccc3c3c(-c6cccc7oc8ccccc8c67)ccc(c35)n4-c3c([2H])c([2H])c([2H])c([2H])c3[2H])n2)c([2H])c1[2H]. The predicted molar refractivity (Wildman–Crippen MR) is 255 cm³/mol. The van der Waals surface area contributed by atoms with Gasteiger partial charge in [0.05, 0.1) is 37.1 Å². The highest BCUT2D eigenvalue weighted by atomic mass is 16.3. The van der Waals surface area contributed by atoms with E-state index in [0.717, 1.165) is 21.9 Å². The fraction of sp³-hybridized carbons (Fsp3) is 0. The maximum absolute atomic E-state index is 9.42. The molecule has 0 radical (unpaired) electrons. The fourth-order valence-corrected chi connectivity index (χ4v) is 8.68. The molecule has 0 bridgehead atoms. The number of para-hydroxylation sites is 2. The van der Waals surface area contributed by atoms with Crippen LogP contribution in [0.2, 0.25) is 0 Å². The fourth-order valence-electron chi connectivity index (χ4n) is 8.68. The maximum atomic E-state index is 9.42. The molecule has 13 rings (SSSR count). The van der Waals surface area contributed by atoms with Gasteiger partial charge in [0.2, 0.25) is 0 Å². The Hall–Kier alpha value is -8.41. The Balaban J connectivity index is 1.19. The molecule has 3 aromatic heterocycles. The van der Waals surface area contributed by atoms with Crippen molar-refractivity contribution in [3.05, 3.63) is 206 Å². The first-order valence-corrected chi connectivity index (χ1v) is 19.4. The van der Waals surface area contributed by atoms with Gasteiger partial charge in [-0.3, -0.25) is 0 Å². The summed E-state index contributed by atoms with van der Waals surface area (Å²) in [6.45, 7) is 0. The zero-order valence-electron chi connectivity index (χ0n) is 50.9. The van der Waals surface area contributed by atoms with Crippen molar-refractivity contribution in [2.24, 2.45) is 0 Å². The van der Waals surface area contributed by atoms with Crippen LogP contribution in [0.1, 0.15) is 26.0 Å². The second-order valence-corrected chi connectivity index (χ2v) is 14.5. The largest absolute Gasteiger partial charge is 0.456 e. The van der Waals surface area contributed by atoms with Crippen LogP contribution in [-0.2, 0) is 0 Å². The van der Waals surface area contributed by atoms with Gasteiger partial charge in [0.1, 0.15) is 11.2 Å². The van der Waals surface area contributed by atoms with Crippen LogP contribution in [-0.4, -0.2) is 19.5 Å². The number of fused-ring (bicyclic) bond motifs is 6. The molecule has 10 aromatic carbocycles. The summed E-state index contributed by atoms with van der Waals surface area (Å²) in [5.74, 6) is -1.34. The lowest BCUT2D eigenvalue weighted by atomic mass is 9.87. The Morgan fingerprint density at radius 2 is 0.839 bits per heavy atom. The zero-order valence-corrected chi connectivity index (χ0v) is 31.9. The molecule has 5 heteroatoms.